The number of rotatable bonds is 10. The van der Waals surface area contributed by atoms with E-state index in [1.165, 1.54) is 49.4 Å². The van der Waals surface area contributed by atoms with Crippen LogP contribution in [0.2, 0.25) is 0 Å². The monoisotopic (exact) mass is 766 g/mol. The van der Waals surface area contributed by atoms with Crippen molar-refractivity contribution in [3.63, 3.8) is 0 Å². The Bertz CT molecular complexity index is 2960. The Morgan fingerprint density at radius 1 is 0.233 bits per heavy atom. The SMILES string of the molecule is C(=Cc1ccc(-c2c3ccc(N(c4ccccc4)c4ccccc4)cc3c(-c3ccccc3)c3ccc(N(c4ccccc4)c4ccccc4)cc23)cc1)c1ccccc1. The fourth-order valence-corrected chi connectivity index (χ4v) is 8.43. The van der Waals surface area contributed by atoms with Crippen LogP contribution in [0.5, 0.6) is 0 Å². The first-order valence-corrected chi connectivity index (χ1v) is 20.5. The highest BCUT2D eigenvalue weighted by Gasteiger charge is 2.22. The lowest BCUT2D eigenvalue weighted by Gasteiger charge is -2.28. The Hall–Kier alpha value is -7.94. The van der Waals surface area contributed by atoms with Crippen molar-refractivity contribution in [2.75, 3.05) is 9.80 Å². The van der Waals surface area contributed by atoms with Gasteiger partial charge in [-0.25, -0.2) is 0 Å². The number of hydrogen-bond acceptors (Lipinski definition) is 2. The van der Waals surface area contributed by atoms with Gasteiger partial charge >= 0.3 is 0 Å². The lowest BCUT2D eigenvalue weighted by Crippen LogP contribution is -2.10. The summed E-state index contributed by atoms with van der Waals surface area (Å²) in [6, 6.07) is 87.1. The third-order valence-electron chi connectivity index (χ3n) is 11.2. The lowest BCUT2D eigenvalue weighted by atomic mass is 9.85. The van der Waals surface area contributed by atoms with E-state index in [4.69, 9.17) is 0 Å². The molecule has 0 atom stereocenters. The normalized spacial score (nSPS) is 11.3. The number of fused-ring (bicyclic) bond motifs is 2. The second-order valence-corrected chi connectivity index (χ2v) is 15.0. The molecule has 10 aromatic carbocycles. The standard InChI is InChI=1S/C58H42N2/c1-7-19-43(20-8-1)31-32-44-33-35-46(36-34-44)58-54-40-38-51(59(47-23-11-3-12-24-47)48-25-13-4-14-26-48)41-55(54)57(45-21-9-2-10-22-45)53-39-37-52(42-56(53)58)60(49-27-15-5-16-28-49)50-29-17-6-18-30-50/h1-42H. The highest BCUT2D eigenvalue weighted by atomic mass is 15.1. The average Bonchev–Trinajstić information content (AvgIpc) is 3.32. The van der Waals surface area contributed by atoms with Gasteiger partial charge in [-0.2, -0.15) is 0 Å². The molecule has 0 aromatic heterocycles. The van der Waals surface area contributed by atoms with Crippen molar-refractivity contribution < 1.29 is 0 Å². The number of nitrogens with zero attached hydrogens (tertiary/aromatic N) is 2. The predicted molar refractivity (Wildman–Crippen MR) is 257 cm³/mol. The van der Waals surface area contributed by atoms with E-state index in [1.54, 1.807) is 0 Å². The van der Waals surface area contributed by atoms with Crippen LogP contribution in [0.25, 0.3) is 56.0 Å². The molecule has 10 rings (SSSR count). The van der Waals surface area contributed by atoms with Gasteiger partial charge in [-0.1, -0.05) is 182 Å². The van der Waals surface area contributed by atoms with Crippen LogP contribution in [0, 0.1) is 0 Å². The van der Waals surface area contributed by atoms with Gasteiger partial charge in [0.05, 0.1) is 0 Å². The smallest absolute Gasteiger partial charge is 0.0468 e. The molecule has 0 fully saturated rings. The van der Waals surface area contributed by atoms with Gasteiger partial charge in [0.1, 0.15) is 0 Å². The summed E-state index contributed by atoms with van der Waals surface area (Å²) in [5.74, 6) is 0. The first kappa shape index (κ1) is 36.4. The molecule has 284 valence electrons. The fourth-order valence-electron chi connectivity index (χ4n) is 8.43. The zero-order chi connectivity index (χ0) is 40.1. The lowest BCUT2D eigenvalue weighted by molar-refractivity contribution is 1.29. The van der Waals surface area contributed by atoms with E-state index in [0.717, 1.165) is 39.7 Å². The summed E-state index contributed by atoms with van der Waals surface area (Å²) in [5, 5.41) is 4.78. The Balaban J connectivity index is 1.25. The molecule has 0 N–H and O–H groups in total. The molecule has 10 aromatic rings. The number of para-hydroxylation sites is 4. The first-order valence-electron chi connectivity index (χ1n) is 20.5. The number of anilines is 6. The Morgan fingerprint density at radius 2 is 0.550 bits per heavy atom. The van der Waals surface area contributed by atoms with Crippen LogP contribution in [0.3, 0.4) is 0 Å². The molecular formula is C58H42N2. The highest BCUT2D eigenvalue weighted by Crippen LogP contribution is 2.48. The van der Waals surface area contributed by atoms with Crippen molar-refractivity contribution in [3.8, 4) is 22.3 Å². The topological polar surface area (TPSA) is 6.48 Å². The van der Waals surface area contributed by atoms with Crippen molar-refractivity contribution >= 4 is 67.8 Å². The summed E-state index contributed by atoms with van der Waals surface area (Å²) < 4.78 is 0. The Kier molecular flexibility index (Phi) is 10.0. The molecule has 0 amide bonds. The maximum Gasteiger partial charge on any atom is 0.0468 e. The molecule has 0 saturated heterocycles. The van der Waals surface area contributed by atoms with Gasteiger partial charge in [0.25, 0.3) is 0 Å². The molecule has 0 spiro atoms. The van der Waals surface area contributed by atoms with Gasteiger partial charge in [0.15, 0.2) is 0 Å². The zero-order valence-electron chi connectivity index (χ0n) is 33.1. The second-order valence-electron chi connectivity index (χ2n) is 15.0. The molecule has 0 heterocycles. The Labute approximate surface area is 352 Å². The molecule has 2 heteroatoms. The van der Waals surface area contributed by atoms with Gasteiger partial charge in [0, 0.05) is 34.1 Å². The van der Waals surface area contributed by atoms with Crippen LogP contribution in [0.1, 0.15) is 11.1 Å². The van der Waals surface area contributed by atoms with Crippen molar-refractivity contribution in [1.82, 2.24) is 0 Å². The van der Waals surface area contributed by atoms with Crippen molar-refractivity contribution in [2.45, 2.75) is 0 Å². The molecule has 0 unspecified atom stereocenters. The molecule has 0 radical (unpaired) electrons. The van der Waals surface area contributed by atoms with E-state index in [-0.39, 0.29) is 0 Å². The van der Waals surface area contributed by atoms with Gasteiger partial charge in [-0.05, 0) is 128 Å². The summed E-state index contributed by atoms with van der Waals surface area (Å²) in [6.07, 6.45) is 4.37. The van der Waals surface area contributed by atoms with E-state index >= 15 is 0 Å². The molecule has 60 heavy (non-hydrogen) atoms. The van der Waals surface area contributed by atoms with Gasteiger partial charge in [-0.3, -0.25) is 0 Å². The number of benzene rings is 10. The van der Waals surface area contributed by atoms with Crippen LogP contribution >= 0.6 is 0 Å². The summed E-state index contributed by atoms with van der Waals surface area (Å²) in [5.41, 5.74) is 13.7. The van der Waals surface area contributed by atoms with Crippen molar-refractivity contribution in [3.05, 3.63) is 254 Å². The third kappa shape index (κ3) is 7.23. The van der Waals surface area contributed by atoms with Crippen LogP contribution in [-0.4, -0.2) is 0 Å². The van der Waals surface area contributed by atoms with Crippen LogP contribution in [0.4, 0.5) is 34.1 Å². The van der Waals surface area contributed by atoms with Gasteiger partial charge < -0.3 is 9.80 Å². The van der Waals surface area contributed by atoms with Crippen LogP contribution < -0.4 is 9.80 Å². The van der Waals surface area contributed by atoms with Crippen molar-refractivity contribution in [1.29, 1.82) is 0 Å². The summed E-state index contributed by atoms with van der Waals surface area (Å²) >= 11 is 0. The third-order valence-corrected chi connectivity index (χ3v) is 11.2. The van der Waals surface area contributed by atoms with E-state index < -0.39 is 0 Å². The van der Waals surface area contributed by atoms with E-state index in [0.29, 0.717) is 0 Å². The molecule has 0 aliphatic heterocycles. The fraction of sp³-hybridized carbons (Fsp3) is 0. The maximum absolute atomic E-state index is 2.40. The Morgan fingerprint density at radius 3 is 0.933 bits per heavy atom. The average molecular weight is 767 g/mol. The van der Waals surface area contributed by atoms with Crippen molar-refractivity contribution in [2.24, 2.45) is 0 Å². The summed E-state index contributed by atoms with van der Waals surface area (Å²) in [7, 11) is 0. The quantitative estimate of drug-likeness (QED) is 0.101. The summed E-state index contributed by atoms with van der Waals surface area (Å²) in [6.45, 7) is 0. The zero-order valence-corrected chi connectivity index (χ0v) is 33.1. The molecule has 0 aliphatic carbocycles. The number of hydrogen-bond donors (Lipinski definition) is 0. The van der Waals surface area contributed by atoms with Gasteiger partial charge in [0.2, 0.25) is 0 Å². The molecular weight excluding hydrogens is 725 g/mol. The second kappa shape index (κ2) is 16.5. The van der Waals surface area contributed by atoms with E-state index in [1.807, 2.05) is 0 Å². The molecule has 2 nitrogen and oxygen atoms in total. The van der Waals surface area contributed by atoms with Crippen LogP contribution in [-0.2, 0) is 0 Å². The molecule has 0 bridgehead atoms. The first-order chi connectivity index (χ1) is 29.8. The summed E-state index contributed by atoms with van der Waals surface area (Å²) in [4.78, 5) is 4.71. The van der Waals surface area contributed by atoms with E-state index in [2.05, 4.69) is 265 Å². The predicted octanol–water partition coefficient (Wildman–Crippen LogP) is 16.4. The molecule has 0 aliphatic rings. The molecule has 0 saturated carbocycles. The minimum atomic E-state index is 1.10. The minimum absolute atomic E-state index is 1.10. The van der Waals surface area contributed by atoms with E-state index in [9.17, 15) is 0 Å². The highest BCUT2D eigenvalue weighted by molar-refractivity contribution is 6.22. The van der Waals surface area contributed by atoms with Gasteiger partial charge in [-0.15, -0.1) is 0 Å². The maximum atomic E-state index is 2.40. The van der Waals surface area contributed by atoms with Crippen LogP contribution in [0.15, 0.2) is 243 Å². The minimum Gasteiger partial charge on any atom is -0.310 e. The largest absolute Gasteiger partial charge is 0.310 e.